The van der Waals surface area contributed by atoms with Crippen LogP contribution in [0.5, 0.6) is 0 Å². The van der Waals surface area contributed by atoms with E-state index in [0.717, 1.165) is 16.7 Å². The summed E-state index contributed by atoms with van der Waals surface area (Å²) in [5, 5.41) is 4.89. The van der Waals surface area contributed by atoms with Gasteiger partial charge in [0.15, 0.2) is 9.84 Å². The normalized spacial score (nSPS) is 11.9. The SMILES string of the molecule is CS(=O)(=O)c1ccc2ncnc(NCc3cc4ccccc4o3)c2c1. The Hall–Kier alpha value is -2.93. The molecule has 0 atom stereocenters. The number of sulfone groups is 1. The minimum Gasteiger partial charge on any atom is -0.459 e. The number of nitrogens with zero attached hydrogens (tertiary/aromatic N) is 2. The predicted molar refractivity (Wildman–Crippen MR) is 96.2 cm³/mol. The van der Waals surface area contributed by atoms with Crippen LogP contribution >= 0.6 is 0 Å². The highest BCUT2D eigenvalue weighted by molar-refractivity contribution is 7.90. The summed E-state index contributed by atoms with van der Waals surface area (Å²) in [6, 6.07) is 14.6. The predicted octanol–water partition coefficient (Wildman–Crippen LogP) is 3.39. The van der Waals surface area contributed by atoms with Gasteiger partial charge in [-0.3, -0.25) is 0 Å². The van der Waals surface area contributed by atoms with Crippen LogP contribution in [-0.2, 0) is 16.4 Å². The summed E-state index contributed by atoms with van der Waals surface area (Å²) in [5.41, 5.74) is 1.50. The lowest BCUT2D eigenvalue weighted by molar-refractivity contribution is 0.559. The minimum atomic E-state index is -3.30. The molecule has 0 amide bonds. The van der Waals surface area contributed by atoms with E-state index in [1.165, 1.54) is 12.6 Å². The third kappa shape index (κ3) is 3.06. The molecule has 0 bridgehead atoms. The van der Waals surface area contributed by atoms with Crippen LogP contribution in [0.2, 0.25) is 0 Å². The molecule has 2 aromatic carbocycles. The van der Waals surface area contributed by atoms with Gasteiger partial charge >= 0.3 is 0 Å². The molecule has 0 fully saturated rings. The number of anilines is 1. The van der Waals surface area contributed by atoms with E-state index in [4.69, 9.17) is 4.42 Å². The largest absolute Gasteiger partial charge is 0.459 e. The Morgan fingerprint density at radius 1 is 1.08 bits per heavy atom. The zero-order valence-corrected chi connectivity index (χ0v) is 14.2. The molecule has 4 rings (SSSR count). The van der Waals surface area contributed by atoms with Crippen molar-refractivity contribution < 1.29 is 12.8 Å². The van der Waals surface area contributed by atoms with Crippen LogP contribution in [0.1, 0.15) is 5.76 Å². The summed E-state index contributed by atoms with van der Waals surface area (Å²) in [4.78, 5) is 8.66. The van der Waals surface area contributed by atoms with E-state index in [-0.39, 0.29) is 4.90 Å². The Morgan fingerprint density at radius 2 is 1.92 bits per heavy atom. The molecular formula is C18H15N3O3S. The van der Waals surface area contributed by atoms with Crippen molar-refractivity contribution in [3.05, 3.63) is 60.6 Å². The molecule has 0 saturated carbocycles. The standard InChI is InChI=1S/C18H15N3O3S/c1-25(22,23)14-6-7-16-15(9-14)18(21-11-20-16)19-10-13-8-12-4-2-3-5-17(12)24-13/h2-9,11H,10H2,1H3,(H,19,20,21). The first kappa shape index (κ1) is 15.6. The average Bonchev–Trinajstić information content (AvgIpc) is 3.01. The summed E-state index contributed by atoms with van der Waals surface area (Å²) in [7, 11) is -3.30. The Morgan fingerprint density at radius 3 is 2.72 bits per heavy atom. The molecule has 2 aromatic heterocycles. The van der Waals surface area contributed by atoms with Crippen LogP contribution in [0.3, 0.4) is 0 Å². The third-order valence-electron chi connectivity index (χ3n) is 3.94. The van der Waals surface area contributed by atoms with E-state index in [2.05, 4.69) is 15.3 Å². The fourth-order valence-corrected chi connectivity index (χ4v) is 3.35. The van der Waals surface area contributed by atoms with Gasteiger partial charge < -0.3 is 9.73 Å². The van der Waals surface area contributed by atoms with Gasteiger partial charge in [-0.05, 0) is 30.3 Å². The van der Waals surface area contributed by atoms with Crippen molar-refractivity contribution in [3.8, 4) is 0 Å². The number of aromatic nitrogens is 2. The third-order valence-corrected chi connectivity index (χ3v) is 5.05. The number of hydrogen-bond acceptors (Lipinski definition) is 6. The van der Waals surface area contributed by atoms with Gasteiger partial charge in [0.1, 0.15) is 23.5 Å². The van der Waals surface area contributed by atoms with Crippen molar-refractivity contribution in [1.82, 2.24) is 9.97 Å². The number of fused-ring (bicyclic) bond motifs is 2. The first-order valence-corrected chi connectivity index (χ1v) is 9.56. The Labute approximate surface area is 144 Å². The van der Waals surface area contributed by atoms with Crippen molar-refractivity contribution in [2.75, 3.05) is 11.6 Å². The van der Waals surface area contributed by atoms with Gasteiger partial charge in [0.2, 0.25) is 0 Å². The second kappa shape index (κ2) is 5.86. The van der Waals surface area contributed by atoms with Crippen molar-refractivity contribution in [2.24, 2.45) is 0 Å². The summed E-state index contributed by atoms with van der Waals surface area (Å²) < 4.78 is 29.4. The quantitative estimate of drug-likeness (QED) is 0.605. The van der Waals surface area contributed by atoms with Crippen LogP contribution in [-0.4, -0.2) is 24.6 Å². The molecule has 0 radical (unpaired) electrons. The van der Waals surface area contributed by atoms with E-state index >= 15 is 0 Å². The monoisotopic (exact) mass is 353 g/mol. The van der Waals surface area contributed by atoms with E-state index < -0.39 is 9.84 Å². The topological polar surface area (TPSA) is 85.1 Å². The molecule has 0 unspecified atom stereocenters. The number of nitrogens with one attached hydrogen (secondary N) is 1. The Kier molecular flexibility index (Phi) is 3.65. The zero-order valence-electron chi connectivity index (χ0n) is 13.4. The van der Waals surface area contributed by atoms with E-state index in [9.17, 15) is 8.42 Å². The minimum absolute atomic E-state index is 0.238. The molecule has 0 aliphatic rings. The fraction of sp³-hybridized carbons (Fsp3) is 0.111. The van der Waals surface area contributed by atoms with Gasteiger partial charge in [-0.15, -0.1) is 0 Å². The van der Waals surface area contributed by atoms with Crippen molar-refractivity contribution in [1.29, 1.82) is 0 Å². The zero-order chi connectivity index (χ0) is 17.4. The molecule has 0 spiro atoms. The van der Waals surface area contributed by atoms with Crippen LogP contribution < -0.4 is 5.32 Å². The summed E-state index contributed by atoms with van der Waals surface area (Å²) in [6.07, 6.45) is 2.63. The molecule has 0 saturated heterocycles. The first-order valence-electron chi connectivity index (χ1n) is 7.67. The van der Waals surface area contributed by atoms with Crippen LogP contribution in [0.4, 0.5) is 5.82 Å². The van der Waals surface area contributed by atoms with Crippen LogP contribution in [0.25, 0.3) is 21.9 Å². The van der Waals surface area contributed by atoms with Crippen molar-refractivity contribution in [3.63, 3.8) is 0 Å². The maximum atomic E-state index is 11.8. The molecule has 0 aliphatic heterocycles. The molecule has 6 nitrogen and oxygen atoms in total. The van der Waals surface area contributed by atoms with Crippen LogP contribution in [0, 0.1) is 0 Å². The molecule has 126 valence electrons. The maximum absolute atomic E-state index is 11.8. The average molecular weight is 353 g/mol. The second-order valence-corrected chi connectivity index (χ2v) is 7.79. The molecule has 1 N–H and O–H groups in total. The van der Waals surface area contributed by atoms with E-state index in [1.807, 2.05) is 30.3 Å². The lowest BCUT2D eigenvalue weighted by Gasteiger charge is -2.08. The number of rotatable bonds is 4. The lowest BCUT2D eigenvalue weighted by Crippen LogP contribution is -2.03. The highest BCUT2D eigenvalue weighted by Gasteiger charge is 2.11. The molecule has 2 heterocycles. The molecule has 0 aliphatic carbocycles. The van der Waals surface area contributed by atoms with Crippen molar-refractivity contribution >= 4 is 37.5 Å². The Bertz CT molecular complexity index is 1150. The molecular weight excluding hydrogens is 338 g/mol. The van der Waals surface area contributed by atoms with Gasteiger partial charge in [-0.1, -0.05) is 18.2 Å². The van der Waals surface area contributed by atoms with Gasteiger partial charge in [0.25, 0.3) is 0 Å². The number of hydrogen-bond donors (Lipinski definition) is 1. The second-order valence-electron chi connectivity index (χ2n) is 5.78. The molecule has 7 heteroatoms. The summed E-state index contributed by atoms with van der Waals surface area (Å²) in [5.74, 6) is 1.34. The van der Waals surface area contributed by atoms with Gasteiger partial charge in [0, 0.05) is 17.0 Å². The smallest absolute Gasteiger partial charge is 0.175 e. The van der Waals surface area contributed by atoms with E-state index in [0.29, 0.717) is 23.3 Å². The van der Waals surface area contributed by atoms with Gasteiger partial charge in [-0.2, -0.15) is 0 Å². The molecule has 25 heavy (non-hydrogen) atoms. The summed E-state index contributed by atoms with van der Waals surface area (Å²) in [6.45, 7) is 0.434. The number of para-hydroxylation sites is 1. The lowest BCUT2D eigenvalue weighted by atomic mass is 10.2. The van der Waals surface area contributed by atoms with Crippen LogP contribution in [0.15, 0.2) is 64.2 Å². The number of furan rings is 1. The van der Waals surface area contributed by atoms with E-state index in [1.54, 1.807) is 18.2 Å². The highest BCUT2D eigenvalue weighted by atomic mass is 32.2. The molecule has 4 aromatic rings. The van der Waals surface area contributed by atoms with Crippen molar-refractivity contribution in [2.45, 2.75) is 11.4 Å². The van der Waals surface area contributed by atoms with Gasteiger partial charge in [-0.25, -0.2) is 18.4 Å². The number of benzene rings is 2. The first-order chi connectivity index (χ1) is 12.0. The fourth-order valence-electron chi connectivity index (χ4n) is 2.70. The Balaban J connectivity index is 1.68. The maximum Gasteiger partial charge on any atom is 0.175 e. The van der Waals surface area contributed by atoms with Gasteiger partial charge in [0.05, 0.1) is 17.0 Å². The highest BCUT2D eigenvalue weighted by Crippen LogP contribution is 2.24. The summed E-state index contributed by atoms with van der Waals surface area (Å²) >= 11 is 0.